The van der Waals surface area contributed by atoms with Gasteiger partial charge in [0.25, 0.3) is 0 Å². The van der Waals surface area contributed by atoms with E-state index in [-0.39, 0.29) is 11.2 Å². The average molecular weight is 237 g/mol. The van der Waals surface area contributed by atoms with Gasteiger partial charge in [0.05, 0.1) is 5.60 Å². The van der Waals surface area contributed by atoms with Gasteiger partial charge in [-0.1, -0.05) is 32.0 Å². The largest absolute Gasteiger partial charge is 0.389 e. The van der Waals surface area contributed by atoms with E-state index in [0.717, 1.165) is 13.1 Å². The van der Waals surface area contributed by atoms with Gasteiger partial charge in [0.1, 0.15) is 5.82 Å². The maximum Gasteiger partial charge on any atom is 0.126 e. The highest BCUT2D eigenvalue weighted by atomic mass is 19.1. The van der Waals surface area contributed by atoms with Crippen LogP contribution in [0.2, 0.25) is 0 Å². The summed E-state index contributed by atoms with van der Waals surface area (Å²) in [6.45, 7) is 5.60. The molecule has 1 unspecified atom stereocenters. The highest BCUT2D eigenvalue weighted by Crippen LogP contribution is 2.38. The number of aliphatic hydroxyl groups is 1. The van der Waals surface area contributed by atoms with Gasteiger partial charge in [-0.05, 0) is 24.6 Å². The molecule has 1 heterocycles. The fourth-order valence-electron chi connectivity index (χ4n) is 2.48. The third-order valence-corrected chi connectivity index (χ3v) is 3.98. The van der Waals surface area contributed by atoms with E-state index < -0.39 is 5.60 Å². The van der Waals surface area contributed by atoms with E-state index in [1.54, 1.807) is 12.1 Å². The van der Waals surface area contributed by atoms with Crippen molar-refractivity contribution in [2.75, 3.05) is 13.1 Å². The van der Waals surface area contributed by atoms with E-state index in [1.807, 2.05) is 19.9 Å². The van der Waals surface area contributed by atoms with Crippen LogP contribution in [0.15, 0.2) is 24.3 Å². The normalized spacial score (nSPS) is 28.0. The van der Waals surface area contributed by atoms with Crippen LogP contribution in [0.4, 0.5) is 4.39 Å². The minimum absolute atomic E-state index is 0.227. The van der Waals surface area contributed by atoms with Crippen molar-refractivity contribution in [3.05, 3.63) is 35.6 Å². The second-order valence-electron chi connectivity index (χ2n) is 5.61. The Morgan fingerprint density at radius 3 is 2.71 bits per heavy atom. The Labute approximate surface area is 102 Å². The first-order chi connectivity index (χ1) is 7.95. The maximum absolute atomic E-state index is 13.6. The van der Waals surface area contributed by atoms with E-state index in [2.05, 4.69) is 5.32 Å². The van der Waals surface area contributed by atoms with E-state index in [4.69, 9.17) is 0 Å². The lowest BCUT2D eigenvalue weighted by atomic mass is 9.68. The molecule has 0 spiro atoms. The van der Waals surface area contributed by atoms with Crippen LogP contribution in [0.25, 0.3) is 0 Å². The number of benzene rings is 1. The zero-order chi connectivity index (χ0) is 12.5. The molecular formula is C14H20FNO. The van der Waals surface area contributed by atoms with Gasteiger partial charge in [0, 0.05) is 18.4 Å². The molecule has 0 saturated carbocycles. The summed E-state index contributed by atoms with van der Waals surface area (Å²) in [5, 5.41) is 14.0. The Morgan fingerprint density at radius 2 is 2.06 bits per heavy atom. The molecule has 1 aromatic rings. The molecule has 1 atom stereocenters. The average Bonchev–Trinajstić information content (AvgIpc) is 2.26. The van der Waals surface area contributed by atoms with Gasteiger partial charge in [0.15, 0.2) is 0 Å². The molecule has 0 bridgehead atoms. The summed E-state index contributed by atoms with van der Waals surface area (Å²) < 4.78 is 13.6. The lowest BCUT2D eigenvalue weighted by Gasteiger charge is -2.47. The van der Waals surface area contributed by atoms with Crippen molar-refractivity contribution in [2.24, 2.45) is 5.41 Å². The first-order valence-electron chi connectivity index (χ1n) is 6.11. The number of piperidine rings is 1. The van der Waals surface area contributed by atoms with Crippen LogP contribution in [-0.2, 0) is 6.42 Å². The summed E-state index contributed by atoms with van der Waals surface area (Å²) in [7, 11) is 0. The molecule has 0 aromatic heterocycles. The second-order valence-corrected chi connectivity index (χ2v) is 5.61. The quantitative estimate of drug-likeness (QED) is 0.825. The zero-order valence-electron chi connectivity index (χ0n) is 10.5. The van der Waals surface area contributed by atoms with Crippen LogP contribution < -0.4 is 5.32 Å². The topological polar surface area (TPSA) is 32.3 Å². The molecule has 1 aliphatic heterocycles. The van der Waals surface area contributed by atoms with Gasteiger partial charge in [-0.15, -0.1) is 0 Å². The smallest absolute Gasteiger partial charge is 0.126 e. The fraction of sp³-hybridized carbons (Fsp3) is 0.571. The van der Waals surface area contributed by atoms with Crippen LogP contribution >= 0.6 is 0 Å². The molecule has 1 aliphatic rings. The highest BCUT2D eigenvalue weighted by molar-refractivity contribution is 5.21. The van der Waals surface area contributed by atoms with Crippen LogP contribution in [0, 0.1) is 11.2 Å². The van der Waals surface area contributed by atoms with E-state index >= 15 is 0 Å². The molecule has 94 valence electrons. The van der Waals surface area contributed by atoms with Gasteiger partial charge < -0.3 is 10.4 Å². The summed E-state index contributed by atoms with van der Waals surface area (Å²) in [5.74, 6) is -0.227. The Kier molecular flexibility index (Phi) is 3.23. The summed E-state index contributed by atoms with van der Waals surface area (Å²) in [5.41, 5.74) is -0.474. The molecule has 1 aromatic carbocycles. The van der Waals surface area contributed by atoms with Crippen molar-refractivity contribution >= 4 is 0 Å². The van der Waals surface area contributed by atoms with E-state index in [0.29, 0.717) is 18.4 Å². The lowest BCUT2D eigenvalue weighted by Crippen LogP contribution is -2.57. The molecule has 2 rings (SSSR count). The highest BCUT2D eigenvalue weighted by Gasteiger charge is 2.45. The second kappa shape index (κ2) is 4.39. The number of nitrogens with one attached hydrogen (secondary N) is 1. The number of rotatable bonds is 2. The SMILES string of the molecule is CC1(C)CNCCC1(O)Cc1ccccc1F. The van der Waals surface area contributed by atoms with Crippen molar-refractivity contribution < 1.29 is 9.50 Å². The van der Waals surface area contributed by atoms with Crippen molar-refractivity contribution in [1.29, 1.82) is 0 Å². The first kappa shape index (κ1) is 12.5. The zero-order valence-corrected chi connectivity index (χ0v) is 10.5. The Hall–Kier alpha value is -0.930. The third kappa shape index (κ3) is 2.35. The minimum Gasteiger partial charge on any atom is -0.389 e. The van der Waals surface area contributed by atoms with Gasteiger partial charge in [-0.2, -0.15) is 0 Å². The van der Waals surface area contributed by atoms with Gasteiger partial charge in [-0.25, -0.2) is 4.39 Å². The minimum atomic E-state index is -0.833. The summed E-state index contributed by atoms with van der Waals surface area (Å²) >= 11 is 0. The number of hydrogen-bond donors (Lipinski definition) is 2. The Bertz CT molecular complexity index is 405. The van der Waals surface area contributed by atoms with E-state index in [9.17, 15) is 9.50 Å². The van der Waals surface area contributed by atoms with Gasteiger partial charge in [0.2, 0.25) is 0 Å². The molecule has 2 nitrogen and oxygen atoms in total. The molecule has 17 heavy (non-hydrogen) atoms. The molecule has 2 N–H and O–H groups in total. The Balaban J connectivity index is 2.24. The van der Waals surface area contributed by atoms with Crippen LogP contribution in [0.1, 0.15) is 25.8 Å². The van der Waals surface area contributed by atoms with Crippen LogP contribution in [0.5, 0.6) is 0 Å². The van der Waals surface area contributed by atoms with Crippen molar-refractivity contribution in [3.63, 3.8) is 0 Å². The summed E-state index contributed by atoms with van der Waals surface area (Å²) in [6, 6.07) is 6.70. The molecule has 0 radical (unpaired) electrons. The maximum atomic E-state index is 13.6. The van der Waals surface area contributed by atoms with Crippen molar-refractivity contribution in [3.8, 4) is 0 Å². The van der Waals surface area contributed by atoms with Crippen LogP contribution in [0.3, 0.4) is 0 Å². The van der Waals surface area contributed by atoms with Crippen LogP contribution in [-0.4, -0.2) is 23.8 Å². The lowest BCUT2D eigenvalue weighted by molar-refractivity contribution is -0.0874. The number of hydrogen-bond acceptors (Lipinski definition) is 2. The van der Waals surface area contributed by atoms with Gasteiger partial charge >= 0.3 is 0 Å². The Morgan fingerprint density at radius 1 is 1.35 bits per heavy atom. The monoisotopic (exact) mass is 237 g/mol. The predicted molar refractivity (Wildman–Crippen MR) is 66.3 cm³/mol. The molecule has 1 saturated heterocycles. The fourth-order valence-corrected chi connectivity index (χ4v) is 2.48. The molecule has 0 amide bonds. The molecule has 1 fully saturated rings. The summed E-state index contributed by atoms with van der Waals surface area (Å²) in [4.78, 5) is 0. The predicted octanol–water partition coefficient (Wildman–Crippen LogP) is 2.12. The summed E-state index contributed by atoms with van der Waals surface area (Å²) in [6.07, 6.45) is 1.04. The molecular weight excluding hydrogens is 217 g/mol. The first-order valence-corrected chi connectivity index (χ1v) is 6.11. The standard InChI is InChI=1S/C14H20FNO/c1-13(2)10-16-8-7-14(13,17)9-11-5-3-4-6-12(11)15/h3-6,16-17H,7-10H2,1-2H3. The van der Waals surface area contributed by atoms with Crippen molar-refractivity contribution in [1.82, 2.24) is 5.32 Å². The third-order valence-electron chi connectivity index (χ3n) is 3.98. The van der Waals surface area contributed by atoms with Crippen molar-refractivity contribution in [2.45, 2.75) is 32.3 Å². The molecule has 0 aliphatic carbocycles. The molecule has 3 heteroatoms. The van der Waals surface area contributed by atoms with Gasteiger partial charge in [-0.3, -0.25) is 0 Å². The number of halogens is 1. The van der Waals surface area contributed by atoms with E-state index in [1.165, 1.54) is 6.07 Å².